The number of aromatic nitrogens is 2. The number of rotatable bonds is 8. The number of unbranched alkanes of at least 4 members (excludes halogenated alkanes) is 1. The fourth-order valence-electron chi connectivity index (χ4n) is 3.97. The summed E-state index contributed by atoms with van der Waals surface area (Å²) in [5.41, 5.74) is 2.12. The van der Waals surface area contributed by atoms with Crippen molar-refractivity contribution < 1.29 is 4.79 Å². The molecule has 0 saturated heterocycles. The fraction of sp³-hybridized carbons (Fsp3) is 0.619. The number of hydrogen-bond donors (Lipinski definition) is 0. The van der Waals surface area contributed by atoms with Crippen molar-refractivity contribution in [2.24, 2.45) is 5.92 Å². The van der Waals surface area contributed by atoms with Crippen LogP contribution in [-0.4, -0.2) is 15.3 Å². The Kier molecular flexibility index (Phi) is 6.06. The summed E-state index contributed by atoms with van der Waals surface area (Å²) >= 11 is 0. The molecular weight excluding hydrogens is 296 g/mol. The van der Waals surface area contributed by atoms with Crippen LogP contribution >= 0.6 is 0 Å². The van der Waals surface area contributed by atoms with Gasteiger partial charge in [0.05, 0.1) is 17.6 Å². The Morgan fingerprint density at radius 3 is 2.75 bits per heavy atom. The number of ketones is 1. The average Bonchev–Trinajstić information content (AvgIpc) is 2.97. The first kappa shape index (κ1) is 17.2. The molecule has 0 aliphatic heterocycles. The summed E-state index contributed by atoms with van der Waals surface area (Å²) in [4.78, 5) is 16.8. The van der Waals surface area contributed by atoms with E-state index in [9.17, 15) is 4.79 Å². The molecule has 2 aromatic rings. The standard InChI is InChI=1S/C21H30N2O/c1-2-18(24)16-23-20-14-8-7-13-19(20)22-21(23)15-9-6-12-17-10-4-3-5-11-17/h7-8,13-14,17H,2-6,9-12,15-16H2,1H3. The minimum atomic E-state index is 0.279. The van der Waals surface area contributed by atoms with Gasteiger partial charge < -0.3 is 4.57 Å². The number of Topliss-reactive ketones (excluding diaryl/α,β-unsaturated/α-hetero) is 1. The van der Waals surface area contributed by atoms with E-state index >= 15 is 0 Å². The van der Waals surface area contributed by atoms with Gasteiger partial charge in [-0.25, -0.2) is 4.98 Å². The van der Waals surface area contributed by atoms with Gasteiger partial charge in [-0.15, -0.1) is 0 Å². The van der Waals surface area contributed by atoms with Gasteiger partial charge in [0.15, 0.2) is 5.78 Å². The predicted octanol–water partition coefficient (Wildman–Crippen LogP) is 5.31. The highest BCUT2D eigenvalue weighted by atomic mass is 16.1. The summed E-state index contributed by atoms with van der Waals surface area (Å²) in [6.07, 6.45) is 12.6. The summed E-state index contributed by atoms with van der Waals surface area (Å²) in [7, 11) is 0. The van der Waals surface area contributed by atoms with Gasteiger partial charge in [0.2, 0.25) is 0 Å². The van der Waals surface area contributed by atoms with Crippen LogP contribution in [0, 0.1) is 5.92 Å². The molecule has 1 saturated carbocycles. The van der Waals surface area contributed by atoms with Gasteiger partial charge in [-0.05, 0) is 24.5 Å². The molecule has 3 heteroatoms. The minimum Gasteiger partial charge on any atom is -0.320 e. The number of para-hydroxylation sites is 2. The highest BCUT2D eigenvalue weighted by Crippen LogP contribution is 2.28. The second-order valence-electron chi connectivity index (χ2n) is 7.24. The Morgan fingerprint density at radius 1 is 1.17 bits per heavy atom. The Morgan fingerprint density at radius 2 is 1.96 bits per heavy atom. The molecule has 1 fully saturated rings. The molecule has 3 nitrogen and oxygen atoms in total. The number of fused-ring (bicyclic) bond motifs is 1. The first-order valence-electron chi connectivity index (χ1n) is 9.73. The van der Waals surface area contributed by atoms with E-state index in [0.29, 0.717) is 13.0 Å². The Bertz CT molecular complexity index is 668. The molecular formula is C21H30N2O. The van der Waals surface area contributed by atoms with E-state index in [0.717, 1.165) is 29.2 Å². The van der Waals surface area contributed by atoms with E-state index in [1.807, 2.05) is 25.1 Å². The van der Waals surface area contributed by atoms with Crippen molar-refractivity contribution in [2.75, 3.05) is 0 Å². The molecule has 1 aromatic carbocycles. The molecule has 0 radical (unpaired) electrons. The van der Waals surface area contributed by atoms with E-state index in [4.69, 9.17) is 4.98 Å². The third kappa shape index (κ3) is 4.25. The number of carbonyl (C=O) groups is 1. The summed E-state index contributed by atoms with van der Waals surface area (Å²) in [5.74, 6) is 2.32. The molecule has 24 heavy (non-hydrogen) atoms. The quantitative estimate of drug-likeness (QED) is 0.616. The molecule has 0 N–H and O–H groups in total. The molecule has 1 aliphatic rings. The summed E-state index contributed by atoms with van der Waals surface area (Å²) < 4.78 is 2.14. The number of nitrogens with zero attached hydrogens (tertiary/aromatic N) is 2. The van der Waals surface area contributed by atoms with Crippen molar-refractivity contribution in [3.8, 4) is 0 Å². The van der Waals surface area contributed by atoms with Gasteiger partial charge in [-0.2, -0.15) is 0 Å². The molecule has 0 bridgehead atoms. The second-order valence-corrected chi connectivity index (χ2v) is 7.24. The van der Waals surface area contributed by atoms with Gasteiger partial charge in [-0.3, -0.25) is 4.79 Å². The number of hydrogen-bond acceptors (Lipinski definition) is 2. The van der Waals surface area contributed by atoms with Crippen LogP contribution in [0.2, 0.25) is 0 Å². The van der Waals surface area contributed by atoms with Crippen LogP contribution in [0.15, 0.2) is 24.3 Å². The number of imidazole rings is 1. The van der Waals surface area contributed by atoms with Crippen LogP contribution < -0.4 is 0 Å². The zero-order valence-corrected chi connectivity index (χ0v) is 15.0. The van der Waals surface area contributed by atoms with Crippen molar-refractivity contribution in [2.45, 2.75) is 77.7 Å². The molecule has 0 atom stereocenters. The van der Waals surface area contributed by atoms with Gasteiger partial charge in [0.1, 0.15) is 5.82 Å². The fourth-order valence-corrected chi connectivity index (χ4v) is 3.97. The predicted molar refractivity (Wildman–Crippen MR) is 99.2 cm³/mol. The van der Waals surface area contributed by atoms with E-state index < -0.39 is 0 Å². The Balaban J connectivity index is 1.62. The lowest BCUT2D eigenvalue weighted by molar-refractivity contribution is -0.119. The summed E-state index contributed by atoms with van der Waals surface area (Å²) in [6, 6.07) is 8.18. The smallest absolute Gasteiger partial charge is 0.152 e. The van der Waals surface area contributed by atoms with Gasteiger partial charge >= 0.3 is 0 Å². The van der Waals surface area contributed by atoms with Crippen molar-refractivity contribution in [1.29, 1.82) is 0 Å². The first-order chi connectivity index (χ1) is 11.8. The van der Waals surface area contributed by atoms with Crippen molar-refractivity contribution in [1.82, 2.24) is 9.55 Å². The lowest BCUT2D eigenvalue weighted by Crippen LogP contribution is -2.12. The molecule has 0 amide bonds. The molecule has 130 valence electrons. The van der Waals surface area contributed by atoms with Crippen molar-refractivity contribution in [3.05, 3.63) is 30.1 Å². The molecule has 1 aliphatic carbocycles. The summed E-state index contributed by atoms with van der Waals surface area (Å²) in [6.45, 7) is 2.40. The third-order valence-electron chi connectivity index (χ3n) is 5.45. The normalized spacial score (nSPS) is 15.9. The summed E-state index contributed by atoms with van der Waals surface area (Å²) in [5, 5.41) is 0. The number of benzene rings is 1. The van der Waals surface area contributed by atoms with Gasteiger partial charge in [-0.1, -0.05) is 64.0 Å². The average molecular weight is 326 g/mol. The Labute approximate surface area is 145 Å². The van der Waals surface area contributed by atoms with Crippen LogP contribution in [0.25, 0.3) is 11.0 Å². The lowest BCUT2D eigenvalue weighted by atomic mass is 9.85. The molecule has 0 unspecified atom stereocenters. The first-order valence-corrected chi connectivity index (χ1v) is 9.73. The van der Waals surface area contributed by atoms with E-state index in [1.165, 1.54) is 51.4 Å². The van der Waals surface area contributed by atoms with Crippen LogP contribution in [0.1, 0.15) is 70.5 Å². The largest absolute Gasteiger partial charge is 0.320 e. The maximum Gasteiger partial charge on any atom is 0.152 e. The number of aryl methyl sites for hydroxylation is 1. The minimum absolute atomic E-state index is 0.279. The zero-order valence-electron chi connectivity index (χ0n) is 15.0. The van der Waals surface area contributed by atoms with Crippen LogP contribution in [0.3, 0.4) is 0 Å². The van der Waals surface area contributed by atoms with Crippen molar-refractivity contribution >= 4 is 16.8 Å². The molecule has 1 heterocycles. The third-order valence-corrected chi connectivity index (χ3v) is 5.45. The maximum absolute atomic E-state index is 12.0. The van der Waals surface area contributed by atoms with Crippen LogP contribution in [-0.2, 0) is 17.8 Å². The lowest BCUT2D eigenvalue weighted by Gasteiger charge is -2.21. The monoisotopic (exact) mass is 326 g/mol. The van der Waals surface area contributed by atoms with Gasteiger partial charge in [0.25, 0.3) is 0 Å². The highest BCUT2D eigenvalue weighted by molar-refractivity contribution is 5.82. The van der Waals surface area contributed by atoms with Crippen molar-refractivity contribution in [3.63, 3.8) is 0 Å². The zero-order chi connectivity index (χ0) is 16.8. The van der Waals surface area contributed by atoms with Crippen LogP contribution in [0.5, 0.6) is 0 Å². The maximum atomic E-state index is 12.0. The van der Waals surface area contributed by atoms with E-state index in [-0.39, 0.29) is 5.78 Å². The highest BCUT2D eigenvalue weighted by Gasteiger charge is 2.15. The molecule has 3 rings (SSSR count). The number of carbonyl (C=O) groups excluding carboxylic acids is 1. The van der Waals surface area contributed by atoms with E-state index in [2.05, 4.69) is 10.6 Å². The van der Waals surface area contributed by atoms with Crippen LogP contribution in [0.4, 0.5) is 0 Å². The van der Waals surface area contributed by atoms with E-state index in [1.54, 1.807) is 0 Å². The second kappa shape index (κ2) is 8.46. The molecule has 1 aromatic heterocycles. The molecule has 0 spiro atoms. The van der Waals surface area contributed by atoms with Gasteiger partial charge in [0, 0.05) is 12.8 Å². The Hall–Kier alpha value is -1.64. The SMILES string of the molecule is CCC(=O)Cn1c(CCCCC2CCCCC2)nc2ccccc21. The topological polar surface area (TPSA) is 34.9 Å².